The predicted molar refractivity (Wildman–Crippen MR) is 161 cm³/mol. The van der Waals surface area contributed by atoms with Crippen molar-refractivity contribution >= 4 is 5.57 Å². The lowest BCUT2D eigenvalue weighted by atomic mass is 9.68. The molecule has 3 aliphatic carbocycles. The third-order valence-electron chi connectivity index (χ3n) is 8.86. The standard InChI is InChI=1S/C37H42/c1-8-13-23(4)35-25(6)19-31-21-30(22-34-24(5)18-29-14-11-12-15-32(29)34)26(7)36(31)37(35)33-17-16-27(9-2)20-28(33)10-3/h11-12,14-17,19-20,22,36-37H,4,7-10,13,18,21H2,1-3,5-6H3. The first kappa shape index (κ1) is 25.5. The smallest absolute Gasteiger partial charge is 0.0203 e. The van der Waals surface area contributed by atoms with E-state index in [9.17, 15) is 0 Å². The summed E-state index contributed by atoms with van der Waals surface area (Å²) in [5, 5.41) is 0. The normalized spacial score (nSPS) is 22.0. The molecule has 0 aliphatic heterocycles. The van der Waals surface area contributed by atoms with Gasteiger partial charge in [0.2, 0.25) is 0 Å². The second-order valence-corrected chi connectivity index (χ2v) is 11.3. The van der Waals surface area contributed by atoms with Gasteiger partial charge < -0.3 is 0 Å². The van der Waals surface area contributed by atoms with Crippen LogP contribution in [0.15, 0.2) is 107 Å². The molecule has 0 amide bonds. The van der Waals surface area contributed by atoms with E-state index < -0.39 is 0 Å². The first-order valence-corrected chi connectivity index (χ1v) is 14.3. The zero-order chi connectivity index (χ0) is 26.3. The van der Waals surface area contributed by atoms with E-state index in [2.05, 4.69) is 95.8 Å². The van der Waals surface area contributed by atoms with Gasteiger partial charge in [0.25, 0.3) is 0 Å². The Morgan fingerprint density at radius 3 is 2.49 bits per heavy atom. The topological polar surface area (TPSA) is 0 Å². The molecule has 0 radical (unpaired) electrons. The van der Waals surface area contributed by atoms with Gasteiger partial charge >= 0.3 is 0 Å². The van der Waals surface area contributed by atoms with Gasteiger partial charge in [0.1, 0.15) is 0 Å². The number of hydrogen-bond acceptors (Lipinski definition) is 0. The van der Waals surface area contributed by atoms with E-state index in [0.717, 1.165) is 38.5 Å². The number of aryl methyl sites for hydroxylation is 2. The number of hydrogen-bond donors (Lipinski definition) is 0. The summed E-state index contributed by atoms with van der Waals surface area (Å²) in [5.41, 5.74) is 18.5. The van der Waals surface area contributed by atoms with Crippen LogP contribution in [-0.2, 0) is 19.3 Å². The van der Waals surface area contributed by atoms with E-state index in [1.54, 1.807) is 0 Å². The number of rotatable bonds is 7. The molecule has 2 unspecified atom stereocenters. The fourth-order valence-electron chi connectivity index (χ4n) is 7.02. The highest BCUT2D eigenvalue weighted by Crippen LogP contribution is 2.56. The highest BCUT2D eigenvalue weighted by Gasteiger charge is 2.41. The molecule has 0 heteroatoms. The summed E-state index contributed by atoms with van der Waals surface area (Å²) in [6.07, 6.45) is 11.3. The first-order chi connectivity index (χ1) is 17.9. The third kappa shape index (κ3) is 4.46. The lowest BCUT2D eigenvalue weighted by Crippen LogP contribution is -2.22. The Morgan fingerprint density at radius 1 is 0.973 bits per heavy atom. The van der Waals surface area contributed by atoms with Crippen molar-refractivity contribution in [2.24, 2.45) is 5.92 Å². The Bertz CT molecular complexity index is 1400. The fourth-order valence-corrected chi connectivity index (χ4v) is 7.02. The van der Waals surface area contributed by atoms with Gasteiger partial charge in [-0.1, -0.05) is 112 Å². The van der Waals surface area contributed by atoms with E-state index in [4.69, 9.17) is 6.58 Å². The molecule has 0 spiro atoms. The van der Waals surface area contributed by atoms with Crippen molar-refractivity contribution in [2.45, 2.75) is 79.1 Å². The lowest BCUT2D eigenvalue weighted by molar-refractivity contribution is 0.614. The van der Waals surface area contributed by atoms with E-state index in [1.165, 1.54) is 72.4 Å². The van der Waals surface area contributed by atoms with Crippen LogP contribution >= 0.6 is 0 Å². The highest BCUT2D eigenvalue weighted by molar-refractivity contribution is 5.84. The molecule has 0 saturated heterocycles. The third-order valence-corrected chi connectivity index (χ3v) is 8.86. The van der Waals surface area contributed by atoms with Crippen molar-refractivity contribution < 1.29 is 0 Å². The van der Waals surface area contributed by atoms with Gasteiger partial charge in [-0.15, -0.1) is 0 Å². The van der Waals surface area contributed by atoms with Crippen molar-refractivity contribution in [3.05, 3.63) is 135 Å². The van der Waals surface area contributed by atoms with Crippen molar-refractivity contribution in [1.29, 1.82) is 0 Å². The van der Waals surface area contributed by atoms with Gasteiger partial charge in [-0.2, -0.15) is 0 Å². The molecule has 2 aromatic carbocycles. The summed E-state index contributed by atoms with van der Waals surface area (Å²) in [6, 6.07) is 16.1. The van der Waals surface area contributed by atoms with Gasteiger partial charge in [0, 0.05) is 11.8 Å². The highest BCUT2D eigenvalue weighted by atomic mass is 14.4. The number of benzene rings is 2. The van der Waals surface area contributed by atoms with Crippen LogP contribution in [0, 0.1) is 5.92 Å². The van der Waals surface area contributed by atoms with Crippen molar-refractivity contribution in [1.82, 2.24) is 0 Å². The summed E-state index contributed by atoms with van der Waals surface area (Å²) in [7, 11) is 0. The maximum Gasteiger partial charge on any atom is 0.0203 e. The van der Waals surface area contributed by atoms with Crippen LogP contribution < -0.4 is 0 Å². The van der Waals surface area contributed by atoms with E-state index in [0.29, 0.717) is 11.8 Å². The number of fused-ring (bicyclic) bond motifs is 2. The minimum Gasteiger partial charge on any atom is -0.0955 e. The van der Waals surface area contributed by atoms with E-state index in [-0.39, 0.29) is 0 Å². The molecule has 0 bridgehead atoms. The molecule has 37 heavy (non-hydrogen) atoms. The minimum absolute atomic E-state index is 0.296. The largest absolute Gasteiger partial charge is 0.0955 e. The van der Waals surface area contributed by atoms with Crippen molar-refractivity contribution in [2.75, 3.05) is 0 Å². The van der Waals surface area contributed by atoms with Crippen LogP contribution in [0.4, 0.5) is 0 Å². The maximum absolute atomic E-state index is 4.79. The second kappa shape index (κ2) is 10.3. The van der Waals surface area contributed by atoms with Gasteiger partial charge in [-0.25, -0.2) is 0 Å². The van der Waals surface area contributed by atoms with Crippen LogP contribution in [-0.4, -0.2) is 0 Å². The monoisotopic (exact) mass is 486 g/mol. The molecule has 2 aromatic rings. The molecule has 1 saturated carbocycles. The first-order valence-electron chi connectivity index (χ1n) is 14.3. The molecule has 0 nitrogen and oxygen atoms in total. The van der Waals surface area contributed by atoms with Gasteiger partial charge in [0.15, 0.2) is 0 Å². The lowest BCUT2D eigenvalue weighted by Gasteiger charge is -2.36. The average Bonchev–Trinajstić information content (AvgIpc) is 3.38. The summed E-state index contributed by atoms with van der Waals surface area (Å²) in [4.78, 5) is 0. The van der Waals surface area contributed by atoms with Gasteiger partial charge in [-0.3, -0.25) is 0 Å². The molecule has 190 valence electrons. The minimum atomic E-state index is 0.296. The van der Waals surface area contributed by atoms with Crippen molar-refractivity contribution in [3.8, 4) is 0 Å². The van der Waals surface area contributed by atoms with Crippen LogP contribution in [0.5, 0.6) is 0 Å². The average molecular weight is 487 g/mol. The zero-order valence-corrected chi connectivity index (χ0v) is 23.5. The molecule has 0 aromatic heterocycles. The Labute approximate surface area is 224 Å². The van der Waals surface area contributed by atoms with Crippen molar-refractivity contribution in [3.63, 3.8) is 0 Å². The maximum atomic E-state index is 4.79. The van der Waals surface area contributed by atoms with Crippen LogP contribution in [0.2, 0.25) is 0 Å². The Balaban J connectivity index is 1.62. The van der Waals surface area contributed by atoms with Crippen LogP contribution in [0.3, 0.4) is 0 Å². The van der Waals surface area contributed by atoms with E-state index >= 15 is 0 Å². The Morgan fingerprint density at radius 2 is 1.76 bits per heavy atom. The molecule has 1 fully saturated rings. The molecular formula is C37H42. The SMILES string of the molecule is C=C(CCC)C1=C(C)C=C2CC(=CC3=C(C)Cc4ccccc43)C(=C)C2C1c1ccc(CC)cc1CC. The quantitative estimate of drug-likeness (QED) is 0.365. The molecule has 3 aliphatic rings. The molecular weight excluding hydrogens is 444 g/mol. The molecule has 5 rings (SSSR count). The Kier molecular flexibility index (Phi) is 7.13. The second-order valence-electron chi connectivity index (χ2n) is 11.3. The van der Waals surface area contributed by atoms with E-state index in [1.807, 2.05) is 0 Å². The van der Waals surface area contributed by atoms with Gasteiger partial charge in [0.05, 0.1) is 0 Å². The molecule has 0 heterocycles. The predicted octanol–water partition coefficient (Wildman–Crippen LogP) is 10.0. The number of allylic oxidation sites excluding steroid dienone is 10. The summed E-state index contributed by atoms with van der Waals surface area (Å²) < 4.78 is 0. The fraction of sp³-hybridized carbons (Fsp3) is 0.351. The van der Waals surface area contributed by atoms with Gasteiger partial charge in [-0.05, 0) is 102 Å². The van der Waals surface area contributed by atoms with Crippen LogP contribution in [0.1, 0.15) is 87.6 Å². The van der Waals surface area contributed by atoms with Crippen LogP contribution in [0.25, 0.3) is 5.57 Å². The molecule has 0 N–H and O–H groups in total. The summed E-state index contributed by atoms with van der Waals surface area (Å²) in [5.74, 6) is 0.609. The summed E-state index contributed by atoms with van der Waals surface area (Å²) in [6.45, 7) is 20.8. The molecule has 2 atom stereocenters. The zero-order valence-electron chi connectivity index (χ0n) is 23.5. The summed E-state index contributed by atoms with van der Waals surface area (Å²) >= 11 is 0. The Hall–Kier alpha value is -3.12.